The van der Waals surface area contributed by atoms with Crippen LogP contribution in [0.4, 0.5) is 4.79 Å². The van der Waals surface area contributed by atoms with E-state index in [1.807, 2.05) is 0 Å². The Labute approximate surface area is 106 Å². The minimum atomic E-state index is -0.916. The van der Waals surface area contributed by atoms with E-state index >= 15 is 0 Å². The number of aliphatic carboxylic acids is 1. The van der Waals surface area contributed by atoms with Crippen molar-refractivity contribution in [2.45, 2.75) is 26.3 Å². The molecule has 1 aliphatic heterocycles. The molecular weight excluding hydrogens is 240 g/mol. The van der Waals surface area contributed by atoms with Gasteiger partial charge in [0.2, 0.25) is 0 Å². The number of carbonyl (C=O) groups is 2. The van der Waals surface area contributed by atoms with Gasteiger partial charge in [-0.3, -0.25) is 0 Å². The number of amides is 2. The quantitative estimate of drug-likeness (QED) is 0.833. The number of carboxylic acids is 1. The summed E-state index contributed by atoms with van der Waals surface area (Å²) in [5, 5.41) is 9.02. The molecule has 5 nitrogen and oxygen atoms in total. The number of hydrogen-bond acceptors (Lipinski definition) is 3. The summed E-state index contributed by atoms with van der Waals surface area (Å²) in [5.74, 6) is 0.474. The van der Waals surface area contributed by atoms with Gasteiger partial charge in [-0.2, -0.15) is 0 Å². The third-order valence-electron chi connectivity index (χ3n) is 3.02. The van der Waals surface area contributed by atoms with Gasteiger partial charge in [0.05, 0.1) is 5.88 Å². The number of carbonyl (C=O) groups excluding carboxylic acids is 1. The summed E-state index contributed by atoms with van der Waals surface area (Å²) in [6.45, 7) is 4.83. The van der Waals surface area contributed by atoms with Crippen LogP contribution in [0.5, 0.6) is 0 Å². The minimum Gasteiger partial charge on any atom is -0.480 e. The number of hydrogen-bond donors (Lipinski definition) is 1. The maximum Gasteiger partial charge on any atom is 0.327 e. The smallest absolute Gasteiger partial charge is 0.327 e. The molecule has 0 aliphatic carbocycles. The van der Waals surface area contributed by atoms with Crippen molar-refractivity contribution in [1.29, 1.82) is 0 Å². The van der Waals surface area contributed by atoms with Gasteiger partial charge in [0, 0.05) is 19.3 Å². The summed E-state index contributed by atoms with van der Waals surface area (Å²) < 4.78 is 0. The highest BCUT2D eigenvalue weighted by atomic mass is 32.2. The van der Waals surface area contributed by atoms with Gasteiger partial charge in [-0.05, 0) is 5.92 Å². The molecule has 0 radical (unpaired) electrons. The monoisotopic (exact) mass is 260 g/mol. The lowest BCUT2D eigenvalue weighted by Gasteiger charge is -2.28. The first kappa shape index (κ1) is 14.2. The van der Waals surface area contributed by atoms with Crippen molar-refractivity contribution >= 4 is 23.8 Å². The molecule has 2 amide bonds. The summed E-state index contributed by atoms with van der Waals surface area (Å²) in [7, 11) is 1.73. The zero-order valence-electron chi connectivity index (χ0n) is 10.5. The molecule has 17 heavy (non-hydrogen) atoms. The Hall–Kier alpha value is -0.910. The normalized spacial score (nSPS) is 21.4. The Kier molecular flexibility index (Phi) is 5.11. The van der Waals surface area contributed by atoms with Gasteiger partial charge in [-0.15, -0.1) is 11.8 Å². The van der Waals surface area contributed by atoms with Gasteiger partial charge in [0.25, 0.3) is 0 Å². The molecule has 1 fully saturated rings. The van der Waals surface area contributed by atoms with E-state index in [2.05, 4.69) is 13.8 Å². The molecule has 2 atom stereocenters. The molecular formula is C11H20N2O3S. The van der Waals surface area contributed by atoms with Crippen molar-refractivity contribution in [2.24, 2.45) is 5.92 Å². The first-order chi connectivity index (χ1) is 7.97. The zero-order chi connectivity index (χ0) is 13.0. The Bertz CT molecular complexity index is 298. The third kappa shape index (κ3) is 3.52. The molecule has 0 aromatic carbocycles. The predicted octanol–water partition coefficient (Wildman–Crippen LogP) is 1.54. The van der Waals surface area contributed by atoms with Crippen LogP contribution < -0.4 is 0 Å². The second-order valence-corrected chi connectivity index (χ2v) is 5.50. The maximum atomic E-state index is 12.1. The summed E-state index contributed by atoms with van der Waals surface area (Å²) >= 11 is 1.49. The second-order valence-electron chi connectivity index (χ2n) is 4.50. The maximum absolute atomic E-state index is 12.1. The summed E-state index contributed by atoms with van der Waals surface area (Å²) in [4.78, 5) is 26.1. The van der Waals surface area contributed by atoms with E-state index in [-0.39, 0.29) is 6.03 Å². The summed E-state index contributed by atoms with van der Waals surface area (Å²) in [5.41, 5.74) is 0. The van der Waals surface area contributed by atoms with E-state index in [4.69, 9.17) is 5.11 Å². The Balaban J connectivity index is 2.59. The van der Waals surface area contributed by atoms with Gasteiger partial charge in [-0.1, -0.05) is 20.3 Å². The first-order valence-electron chi connectivity index (χ1n) is 5.79. The van der Waals surface area contributed by atoms with E-state index in [9.17, 15) is 9.59 Å². The highest BCUT2D eigenvalue weighted by Crippen LogP contribution is 2.22. The van der Waals surface area contributed by atoms with Crippen molar-refractivity contribution in [2.75, 3.05) is 25.2 Å². The van der Waals surface area contributed by atoms with Crippen LogP contribution in [0.1, 0.15) is 20.3 Å². The Morgan fingerprint density at radius 1 is 1.59 bits per heavy atom. The number of urea groups is 1. The summed E-state index contributed by atoms with van der Waals surface area (Å²) in [6.07, 6.45) is 1.01. The average Bonchev–Trinajstić information content (AvgIpc) is 2.76. The summed E-state index contributed by atoms with van der Waals surface area (Å²) in [6, 6.07) is -0.852. The van der Waals surface area contributed by atoms with Crippen LogP contribution in [0.2, 0.25) is 0 Å². The largest absolute Gasteiger partial charge is 0.480 e. The molecule has 1 heterocycles. The standard InChI is InChI=1S/C11H20N2O3S/c1-4-8(2)5-12(3)11(16)13-7-17-6-9(13)10(14)15/h8-9H,4-7H2,1-3H3,(H,14,15). The number of nitrogens with zero attached hydrogens (tertiary/aromatic N) is 2. The van der Waals surface area contributed by atoms with E-state index in [1.54, 1.807) is 11.9 Å². The van der Waals surface area contributed by atoms with Gasteiger partial charge < -0.3 is 14.9 Å². The predicted molar refractivity (Wildman–Crippen MR) is 68.1 cm³/mol. The molecule has 1 aliphatic rings. The van der Waals surface area contributed by atoms with Crippen molar-refractivity contribution in [1.82, 2.24) is 9.80 Å². The third-order valence-corrected chi connectivity index (χ3v) is 4.03. The average molecular weight is 260 g/mol. The molecule has 1 rings (SSSR count). The van der Waals surface area contributed by atoms with Gasteiger partial charge in [-0.25, -0.2) is 9.59 Å². The first-order valence-corrected chi connectivity index (χ1v) is 6.95. The topological polar surface area (TPSA) is 60.9 Å². The molecule has 1 N–H and O–H groups in total. The molecule has 0 aromatic rings. The lowest BCUT2D eigenvalue weighted by atomic mass is 10.1. The molecule has 0 saturated carbocycles. The number of rotatable bonds is 4. The van der Waals surface area contributed by atoms with Crippen LogP contribution in [0.3, 0.4) is 0 Å². The molecule has 6 heteroatoms. The number of thioether (sulfide) groups is 1. The molecule has 0 spiro atoms. The van der Waals surface area contributed by atoms with Crippen LogP contribution in [0.15, 0.2) is 0 Å². The minimum absolute atomic E-state index is 0.178. The van der Waals surface area contributed by atoms with Crippen LogP contribution in [-0.2, 0) is 4.79 Å². The van der Waals surface area contributed by atoms with Crippen LogP contribution in [0.25, 0.3) is 0 Å². The van der Waals surface area contributed by atoms with Gasteiger partial charge in [0.1, 0.15) is 6.04 Å². The van der Waals surface area contributed by atoms with Crippen LogP contribution in [-0.4, -0.2) is 58.2 Å². The second kappa shape index (κ2) is 6.14. The molecule has 98 valence electrons. The highest BCUT2D eigenvalue weighted by Gasteiger charge is 2.36. The fourth-order valence-electron chi connectivity index (χ4n) is 1.73. The van der Waals surface area contributed by atoms with Gasteiger partial charge >= 0.3 is 12.0 Å². The van der Waals surface area contributed by atoms with Gasteiger partial charge in [0.15, 0.2) is 0 Å². The van der Waals surface area contributed by atoms with Crippen LogP contribution in [0, 0.1) is 5.92 Å². The van der Waals surface area contributed by atoms with E-state index < -0.39 is 12.0 Å². The molecule has 2 unspecified atom stereocenters. The molecule has 1 saturated heterocycles. The molecule has 0 bridgehead atoms. The lowest BCUT2D eigenvalue weighted by Crippen LogP contribution is -2.48. The van der Waals surface area contributed by atoms with E-state index in [1.165, 1.54) is 16.7 Å². The Morgan fingerprint density at radius 3 is 2.76 bits per heavy atom. The molecule has 0 aromatic heterocycles. The van der Waals surface area contributed by atoms with Crippen molar-refractivity contribution in [3.8, 4) is 0 Å². The SMILES string of the molecule is CCC(C)CN(C)C(=O)N1CSCC1C(=O)O. The van der Waals surface area contributed by atoms with Crippen molar-refractivity contribution < 1.29 is 14.7 Å². The lowest BCUT2D eigenvalue weighted by molar-refractivity contribution is -0.140. The fraction of sp³-hybridized carbons (Fsp3) is 0.818. The number of carboxylic acid groups (broad SMARTS) is 1. The van der Waals surface area contributed by atoms with E-state index in [0.717, 1.165) is 6.42 Å². The van der Waals surface area contributed by atoms with Crippen molar-refractivity contribution in [3.05, 3.63) is 0 Å². The fourth-order valence-corrected chi connectivity index (χ4v) is 2.87. The van der Waals surface area contributed by atoms with Crippen LogP contribution >= 0.6 is 11.8 Å². The zero-order valence-corrected chi connectivity index (χ0v) is 11.4. The Morgan fingerprint density at radius 2 is 2.24 bits per heavy atom. The highest BCUT2D eigenvalue weighted by molar-refractivity contribution is 7.99. The van der Waals surface area contributed by atoms with Crippen molar-refractivity contribution in [3.63, 3.8) is 0 Å². The van der Waals surface area contributed by atoms with E-state index in [0.29, 0.717) is 24.1 Å².